The molecule has 2 aliphatic carbocycles. The molecule has 0 bridgehead atoms. The van der Waals surface area contributed by atoms with E-state index in [0.29, 0.717) is 23.1 Å². The van der Waals surface area contributed by atoms with Gasteiger partial charge in [0.25, 0.3) is 5.91 Å². The van der Waals surface area contributed by atoms with Gasteiger partial charge < -0.3 is 35.2 Å². The topological polar surface area (TPSA) is 182 Å². The van der Waals surface area contributed by atoms with Crippen LogP contribution >= 0.6 is 11.8 Å². The lowest BCUT2D eigenvalue weighted by atomic mass is 9.75. The van der Waals surface area contributed by atoms with E-state index < -0.39 is 63.4 Å². The Morgan fingerprint density at radius 3 is 2.29 bits per heavy atom. The molecule has 41 heavy (non-hydrogen) atoms. The number of aryl methyl sites for hydroxylation is 1. The largest absolute Gasteiger partial charge is 0.508 e. The summed E-state index contributed by atoms with van der Waals surface area (Å²) >= 11 is 1.29. The number of amides is 1. The van der Waals surface area contributed by atoms with Crippen LogP contribution < -0.4 is 4.74 Å². The minimum Gasteiger partial charge on any atom is -0.508 e. The average molecular weight is 576 g/mol. The van der Waals surface area contributed by atoms with Gasteiger partial charge in [0.05, 0.1) is 29.4 Å². The van der Waals surface area contributed by atoms with Crippen molar-refractivity contribution in [3.63, 3.8) is 0 Å². The third kappa shape index (κ3) is 2.94. The lowest BCUT2D eigenvalue weighted by Crippen LogP contribution is -2.39. The summed E-state index contributed by atoms with van der Waals surface area (Å²) in [6, 6.07) is 1.72. The third-order valence-electron chi connectivity index (χ3n) is 8.49. The first kappa shape index (κ1) is 25.3. The molecule has 2 atom stereocenters. The van der Waals surface area contributed by atoms with Crippen molar-refractivity contribution in [3.05, 3.63) is 62.2 Å². The lowest BCUT2D eigenvalue weighted by Gasteiger charge is -2.30. The molecule has 1 fully saturated rings. The molecular formula is C29H21NO10S. The highest BCUT2D eigenvalue weighted by molar-refractivity contribution is 7.99. The van der Waals surface area contributed by atoms with Crippen molar-refractivity contribution in [2.45, 2.75) is 31.2 Å². The zero-order chi connectivity index (χ0) is 29.2. The normalized spacial score (nSPS) is 19.8. The van der Waals surface area contributed by atoms with Gasteiger partial charge in [0.2, 0.25) is 5.78 Å². The standard InChI is InChI=1S/C29H21NO10S/c1-8-14(31)6-11-17(21(8)32)25(36)20-19(22(11)33)24(35)16-10(26(20)40-2)4-3-9-5-12-18(23(34)15(9)16)27(37)30-13(29(38)39)7-41-28(12)30/h5-6,13,28,31-32,34-35H,3-4,7H2,1-2H3,(H,38,39). The fourth-order valence-electron chi connectivity index (χ4n) is 6.57. The highest BCUT2D eigenvalue weighted by Gasteiger charge is 2.51. The summed E-state index contributed by atoms with van der Waals surface area (Å²) in [6.45, 7) is 1.39. The number of nitrogens with zero attached hydrogens (tertiary/aromatic N) is 1. The number of fused-ring (bicyclic) bond motifs is 8. The van der Waals surface area contributed by atoms with E-state index in [9.17, 15) is 44.7 Å². The summed E-state index contributed by atoms with van der Waals surface area (Å²) in [5, 5.41) is 53.1. The number of ketones is 2. The van der Waals surface area contributed by atoms with Crippen LogP contribution in [0.4, 0.5) is 0 Å². The molecule has 208 valence electrons. The van der Waals surface area contributed by atoms with Crippen LogP contribution in [0.1, 0.15) is 69.8 Å². The van der Waals surface area contributed by atoms with Gasteiger partial charge in [-0.1, -0.05) is 6.07 Å². The number of carboxylic acid groups (broad SMARTS) is 1. The quantitative estimate of drug-likeness (QED) is 0.237. The fourth-order valence-corrected chi connectivity index (χ4v) is 8.01. The van der Waals surface area contributed by atoms with Gasteiger partial charge in [-0.3, -0.25) is 14.4 Å². The molecule has 2 unspecified atom stereocenters. The molecule has 1 saturated heterocycles. The number of thioether (sulfide) groups is 1. The number of carboxylic acids is 1. The predicted molar refractivity (Wildman–Crippen MR) is 143 cm³/mol. The van der Waals surface area contributed by atoms with Crippen LogP contribution in [0.15, 0.2) is 12.1 Å². The Labute approximate surface area is 235 Å². The zero-order valence-corrected chi connectivity index (χ0v) is 22.4. The van der Waals surface area contributed by atoms with E-state index in [0.717, 1.165) is 6.07 Å². The van der Waals surface area contributed by atoms with Gasteiger partial charge in [-0.15, -0.1) is 11.8 Å². The van der Waals surface area contributed by atoms with E-state index in [-0.39, 0.29) is 56.9 Å². The van der Waals surface area contributed by atoms with Gasteiger partial charge in [0.1, 0.15) is 40.2 Å². The number of hydrogen-bond acceptors (Lipinski definition) is 10. The highest BCUT2D eigenvalue weighted by atomic mass is 32.2. The van der Waals surface area contributed by atoms with Gasteiger partial charge in [0.15, 0.2) is 5.78 Å². The molecule has 7 rings (SSSR count). The lowest BCUT2D eigenvalue weighted by molar-refractivity contribution is -0.141. The molecule has 11 nitrogen and oxygen atoms in total. The second-order valence-electron chi connectivity index (χ2n) is 10.4. The maximum atomic E-state index is 13.7. The summed E-state index contributed by atoms with van der Waals surface area (Å²) in [4.78, 5) is 53.9. The molecule has 0 radical (unpaired) electrons. The van der Waals surface area contributed by atoms with E-state index in [2.05, 4.69) is 0 Å². The van der Waals surface area contributed by atoms with Gasteiger partial charge >= 0.3 is 5.97 Å². The number of rotatable bonds is 2. The Hall–Kier alpha value is -4.71. The van der Waals surface area contributed by atoms with Crippen LogP contribution in [0.2, 0.25) is 0 Å². The number of hydrogen-bond donors (Lipinski definition) is 5. The Bertz CT molecular complexity index is 1840. The van der Waals surface area contributed by atoms with E-state index in [4.69, 9.17) is 4.74 Å². The molecule has 1 amide bonds. The van der Waals surface area contributed by atoms with Crippen molar-refractivity contribution in [2.24, 2.45) is 0 Å². The summed E-state index contributed by atoms with van der Waals surface area (Å²) in [7, 11) is 1.29. The van der Waals surface area contributed by atoms with E-state index in [1.54, 1.807) is 6.07 Å². The number of aromatic hydroxyl groups is 4. The molecular weight excluding hydrogens is 554 g/mol. The smallest absolute Gasteiger partial charge is 0.327 e. The molecule has 0 saturated carbocycles. The molecule has 12 heteroatoms. The SMILES string of the molecule is COc1c2c(c(O)c3c1C(=O)c1c(cc(O)c(C)c1O)C3=O)-c1c(cc3c(c1O)C(=O)N1C(C(=O)O)CSC31)CC2. The minimum absolute atomic E-state index is 0.00989. The molecule has 5 N–H and O–H groups in total. The van der Waals surface area contributed by atoms with Crippen LogP contribution in [0, 0.1) is 6.92 Å². The van der Waals surface area contributed by atoms with Crippen LogP contribution in [-0.2, 0) is 17.6 Å². The van der Waals surface area contributed by atoms with Crippen LogP contribution in [0.5, 0.6) is 28.7 Å². The number of phenolic OH excluding ortho intramolecular Hbond substituents is 4. The minimum atomic E-state index is -1.15. The number of methoxy groups -OCH3 is 1. The molecule has 3 aromatic rings. The Kier molecular flexibility index (Phi) is 5.03. The maximum Gasteiger partial charge on any atom is 0.327 e. The first-order chi connectivity index (χ1) is 19.5. The number of phenols is 4. The third-order valence-corrected chi connectivity index (χ3v) is 9.80. The van der Waals surface area contributed by atoms with Crippen molar-refractivity contribution < 1.29 is 49.4 Å². The second-order valence-corrected chi connectivity index (χ2v) is 11.5. The van der Waals surface area contributed by atoms with E-state index >= 15 is 0 Å². The van der Waals surface area contributed by atoms with E-state index in [1.807, 2.05) is 0 Å². The summed E-state index contributed by atoms with van der Waals surface area (Å²) in [5.74, 6) is -5.27. The van der Waals surface area contributed by atoms with Gasteiger partial charge in [0, 0.05) is 39.1 Å². The summed E-state index contributed by atoms with van der Waals surface area (Å²) in [6.07, 6.45) is 0.565. The molecule has 2 heterocycles. The van der Waals surface area contributed by atoms with Crippen molar-refractivity contribution >= 4 is 35.2 Å². The molecule has 3 aromatic carbocycles. The molecule has 2 aliphatic heterocycles. The molecule has 0 aromatic heterocycles. The Balaban J connectivity index is 1.50. The van der Waals surface area contributed by atoms with Crippen LogP contribution in [0.3, 0.4) is 0 Å². The first-order valence-corrected chi connectivity index (χ1v) is 13.7. The van der Waals surface area contributed by atoms with Gasteiger partial charge in [-0.05, 0) is 31.4 Å². The van der Waals surface area contributed by atoms with Crippen molar-refractivity contribution in [1.82, 2.24) is 4.90 Å². The summed E-state index contributed by atoms with van der Waals surface area (Å²) < 4.78 is 5.62. The monoisotopic (exact) mass is 575 g/mol. The number of ether oxygens (including phenoxy) is 1. The number of carbonyl (C=O) groups is 4. The second kappa shape index (κ2) is 8.16. The summed E-state index contributed by atoms with van der Waals surface area (Å²) in [5.41, 5.74) is 0.150. The predicted octanol–water partition coefficient (Wildman–Crippen LogP) is 3.02. The van der Waals surface area contributed by atoms with Crippen molar-refractivity contribution in [2.75, 3.05) is 12.9 Å². The first-order valence-electron chi connectivity index (χ1n) is 12.7. The Morgan fingerprint density at radius 1 is 0.902 bits per heavy atom. The Morgan fingerprint density at radius 2 is 1.61 bits per heavy atom. The molecule has 4 aliphatic rings. The average Bonchev–Trinajstić information content (AvgIpc) is 3.49. The number of carbonyl (C=O) groups excluding carboxylic acids is 3. The zero-order valence-electron chi connectivity index (χ0n) is 21.6. The molecule has 0 spiro atoms. The highest BCUT2D eigenvalue weighted by Crippen LogP contribution is 2.58. The van der Waals surface area contributed by atoms with Crippen LogP contribution in [-0.4, -0.2) is 72.8 Å². The fraction of sp³-hybridized carbons (Fsp3) is 0.241. The van der Waals surface area contributed by atoms with E-state index in [1.165, 1.54) is 30.7 Å². The number of benzene rings is 3. The number of aliphatic carboxylic acids is 1. The van der Waals surface area contributed by atoms with Gasteiger partial charge in [-0.2, -0.15) is 0 Å². The van der Waals surface area contributed by atoms with Crippen LogP contribution in [0.25, 0.3) is 11.1 Å². The maximum absolute atomic E-state index is 13.7. The van der Waals surface area contributed by atoms with Gasteiger partial charge in [-0.25, -0.2) is 4.79 Å². The van der Waals surface area contributed by atoms with Crippen molar-refractivity contribution in [1.29, 1.82) is 0 Å². The van der Waals surface area contributed by atoms with Crippen molar-refractivity contribution in [3.8, 4) is 39.9 Å².